The number of aliphatic hydroxyl groups excluding tert-OH is 1. The number of amides is 1. The third-order valence-electron chi connectivity index (χ3n) is 3.02. The van der Waals surface area contributed by atoms with Gasteiger partial charge in [0.15, 0.2) is 0 Å². The third kappa shape index (κ3) is 3.59. The largest absolute Gasteiger partial charge is 0.465 e. The lowest BCUT2D eigenvalue weighted by molar-refractivity contribution is -0.116. The molecule has 0 bridgehead atoms. The van der Waals surface area contributed by atoms with E-state index in [1.54, 1.807) is 6.92 Å². The predicted octanol–water partition coefficient (Wildman–Crippen LogP) is 2.79. The van der Waals surface area contributed by atoms with Gasteiger partial charge in [-0.2, -0.15) is 0 Å². The van der Waals surface area contributed by atoms with E-state index < -0.39 is 12.1 Å². The number of carbonyl (C=O) groups is 2. The number of fused-ring (bicyclic) bond motifs is 1. The summed E-state index contributed by atoms with van der Waals surface area (Å²) in [5.74, 6) is -0.702. The van der Waals surface area contributed by atoms with Crippen molar-refractivity contribution in [3.8, 4) is 0 Å². The Morgan fingerprint density at radius 2 is 2.10 bits per heavy atom. The summed E-state index contributed by atoms with van der Waals surface area (Å²) in [4.78, 5) is 24.2. The van der Waals surface area contributed by atoms with E-state index in [0.29, 0.717) is 17.0 Å². The molecular formula is C15H17NO4S. The van der Waals surface area contributed by atoms with Crippen molar-refractivity contribution in [3.05, 3.63) is 29.1 Å². The van der Waals surface area contributed by atoms with Gasteiger partial charge in [0.25, 0.3) is 0 Å². The van der Waals surface area contributed by atoms with Crippen LogP contribution < -0.4 is 5.32 Å². The van der Waals surface area contributed by atoms with Crippen LogP contribution in [0.2, 0.25) is 0 Å². The van der Waals surface area contributed by atoms with Crippen LogP contribution in [0.25, 0.3) is 10.1 Å². The molecule has 6 heteroatoms. The maximum Gasteiger partial charge on any atom is 0.350 e. The molecule has 2 aromatic rings. The van der Waals surface area contributed by atoms with Gasteiger partial charge in [-0.3, -0.25) is 4.79 Å². The molecule has 2 N–H and O–H groups in total. The van der Waals surface area contributed by atoms with Crippen LogP contribution in [-0.2, 0) is 9.53 Å². The van der Waals surface area contributed by atoms with Gasteiger partial charge >= 0.3 is 5.97 Å². The Labute approximate surface area is 126 Å². The molecule has 0 saturated carbocycles. The van der Waals surface area contributed by atoms with Gasteiger partial charge in [0.05, 0.1) is 18.9 Å². The first-order valence-corrected chi connectivity index (χ1v) is 7.42. The van der Waals surface area contributed by atoms with E-state index in [1.165, 1.54) is 18.4 Å². The van der Waals surface area contributed by atoms with Gasteiger partial charge < -0.3 is 15.2 Å². The highest BCUT2D eigenvalue weighted by molar-refractivity contribution is 7.21. The van der Waals surface area contributed by atoms with Crippen molar-refractivity contribution in [2.45, 2.75) is 25.9 Å². The minimum atomic E-state index is -0.532. The molecule has 1 aromatic carbocycles. The number of aliphatic hydroxyl groups is 1. The lowest BCUT2D eigenvalue weighted by Gasteiger charge is -2.07. The SMILES string of the molecule is COC(=O)c1sc2ccccc2c1NC(=O)CCC(C)O. The smallest absolute Gasteiger partial charge is 0.350 e. The summed E-state index contributed by atoms with van der Waals surface area (Å²) in [5, 5.41) is 12.8. The van der Waals surface area contributed by atoms with Gasteiger partial charge in [0, 0.05) is 16.5 Å². The van der Waals surface area contributed by atoms with Crippen molar-refractivity contribution in [2.75, 3.05) is 12.4 Å². The Balaban J connectivity index is 2.32. The molecule has 0 saturated heterocycles. The zero-order valence-electron chi connectivity index (χ0n) is 11.9. The number of hydrogen-bond donors (Lipinski definition) is 2. The van der Waals surface area contributed by atoms with Crippen molar-refractivity contribution >= 4 is 39.0 Å². The summed E-state index contributed by atoms with van der Waals surface area (Å²) in [6, 6.07) is 7.46. The summed E-state index contributed by atoms with van der Waals surface area (Å²) < 4.78 is 5.67. The molecule has 1 atom stereocenters. The van der Waals surface area contributed by atoms with Gasteiger partial charge in [-0.25, -0.2) is 4.79 Å². The second-order valence-corrected chi connectivity index (χ2v) is 5.78. The average Bonchev–Trinajstić information content (AvgIpc) is 2.83. The number of benzene rings is 1. The van der Waals surface area contributed by atoms with Gasteiger partial charge in [0.2, 0.25) is 5.91 Å². The number of ether oxygens (including phenoxy) is 1. The summed E-state index contributed by atoms with van der Waals surface area (Å²) in [6.07, 6.45) is 0.0410. The van der Waals surface area contributed by atoms with E-state index in [2.05, 4.69) is 5.32 Å². The number of esters is 1. The molecule has 0 aliphatic rings. The topological polar surface area (TPSA) is 75.6 Å². The first-order valence-electron chi connectivity index (χ1n) is 6.60. The average molecular weight is 307 g/mol. The van der Waals surface area contributed by atoms with Crippen LogP contribution in [0, 0.1) is 0 Å². The number of nitrogens with one attached hydrogen (secondary N) is 1. The summed E-state index contributed by atoms with van der Waals surface area (Å²) >= 11 is 1.28. The number of rotatable bonds is 5. The van der Waals surface area contributed by atoms with Crippen molar-refractivity contribution in [2.24, 2.45) is 0 Å². The highest BCUT2D eigenvalue weighted by atomic mass is 32.1. The fraction of sp³-hybridized carbons (Fsp3) is 0.333. The Morgan fingerprint density at radius 1 is 1.38 bits per heavy atom. The second-order valence-electron chi connectivity index (χ2n) is 4.73. The van der Waals surface area contributed by atoms with E-state index in [9.17, 15) is 14.7 Å². The molecule has 5 nitrogen and oxygen atoms in total. The lowest BCUT2D eigenvalue weighted by Crippen LogP contribution is -2.15. The maximum atomic E-state index is 12.0. The Bertz CT molecular complexity index is 663. The van der Waals surface area contributed by atoms with Crippen LogP contribution in [0.15, 0.2) is 24.3 Å². The molecule has 21 heavy (non-hydrogen) atoms. The molecule has 112 valence electrons. The monoisotopic (exact) mass is 307 g/mol. The second kappa shape index (κ2) is 6.69. The van der Waals surface area contributed by atoms with Gasteiger partial charge in [-0.05, 0) is 19.4 Å². The molecule has 2 rings (SSSR count). The summed E-state index contributed by atoms with van der Waals surface area (Å²) in [6.45, 7) is 1.63. The van der Waals surface area contributed by atoms with Gasteiger partial charge in [-0.1, -0.05) is 18.2 Å². The van der Waals surface area contributed by atoms with Crippen LogP contribution in [0.1, 0.15) is 29.4 Å². The maximum absolute atomic E-state index is 12.0. The molecule has 0 aliphatic carbocycles. The fourth-order valence-corrected chi connectivity index (χ4v) is 3.02. The molecule has 1 heterocycles. The number of thiophene rings is 1. The van der Waals surface area contributed by atoms with Crippen molar-refractivity contribution < 1.29 is 19.4 Å². The number of methoxy groups -OCH3 is 1. The van der Waals surface area contributed by atoms with E-state index in [-0.39, 0.29) is 12.3 Å². The number of carbonyl (C=O) groups excluding carboxylic acids is 2. The summed E-state index contributed by atoms with van der Waals surface area (Å²) in [7, 11) is 1.31. The highest BCUT2D eigenvalue weighted by Gasteiger charge is 2.20. The van der Waals surface area contributed by atoms with E-state index in [0.717, 1.165) is 10.1 Å². The Kier molecular flexibility index (Phi) is 4.93. The molecule has 0 fully saturated rings. The van der Waals surface area contributed by atoms with Crippen LogP contribution in [0.5, 0.6) is 0 Å². The van der Waals surface area contributed by atoms with Crippen LogP contribution >= 0.6 is 11.3 Å². The molecule has 0 spiro atoms. The van der Waals surface area contributed by atoms with Crippen molar-refractivity contribution in [1.29, 1.82) is 0 Å². The fourth-order valence-electron chi connectivity index (χ4n) is 1.95. The van der Waals surface area contributed by atoms with Gasteiger partial charge in [-0.15, -0.1) is 11.3 Å². The first kappa shape index (κ1) is 15.5. The standard InChI is InChI=1S/C15H17NO4S/c1-9(17)7-8-12(18)16-13-10-5-3-4-6-11(10)21-14(13)15(19)20-2/h3-6,9,17H,7-8H2,1-2H3,(H,16,18). The van der Waals surface area contributed by atoms with E-state index in [1.807, 2.05) is 24.3 Å². The molecule has 1 amide bonds. The molecular weight excluding hydrogens is 290 g/mol. The highest BCUT2D eigenvalue weighted by Crippen LogP contribution is 2.36. The molecule has 0 aliphatic heterocycles. The Hall–Kier alpha value is -1.92. The van der Waals surface area contributed by atoms with Crippen LogP contribution in [0.3, 0.4) is 0 Å². The van der Waals surface area contributed by atoms with E-state index >= 15 is 0 Å². The zero-order valence-corrected chi connectivity index (χ0v) is 12.7. The van der Waals surface area contributed by atoms with Crippen LogP contribution in [0.4, 0.5) is 5.69 Å². The molecule has 0 radical (unpaired) electrons. The Morgan fingerprint density at radius 3 is 2.76 bits per heavy atom. The van der Waals surface area contributed by atoms with E-state index in [4.69, 9.17) is 4.74 Å². The van der Waals surface area contributed by atoms with Gasteiger partial charge in [0.1, 0.15) is 4.88 Å². The number of anilines is 1. The van der Waals surface area contributed by atoms with Crippen molar-refractivity contribution in [3.63, 3.8) is 0 Å². The predicted molar refractivity (Wildman–Crippen MR) is 82.7 cm³/mol. The lowest BCUT2D eigenvalue weighted by atomic mass is 10.2. The minimum absolute atomic E-state index is 0.197. The number of hydrogen-bond acceptors (Lipinski definition) is 5. The third-order valence-corrected chi connectivity index (χ3v) is 4.17. The molecule has 1 unspecified atom stereocenters. The van der Waals surface area contributed by atoms with Crippen LogP contribution in [-0.4, -0.2) is 30.2 Å². The van der Waals surface area contributed by atoms with Crippen molar-refractivity contribution in [1.82, 2.24) is 0 Å². The first-order chi connectivity index (χ1) is 10.0. The quantitative estimate of drug-likeness (QED) is 0.833. The molecule has 1 aromatic heterocycles. The summed E-state index contributed by atoms with van der Waals surface area (Å²) in [5.41, 5.74) is 0.484. The normalized spacial score (nSPS) is 12.1. The minimum Gasteiger partial charge on any atom is -0.465 e. The zero-order chi connectivity index (χ0) is 15.4.